The van der Waals surface area contributed by atoms with Gasteiger partial charge in [0.25, 0.3) is 0 Å². The summed E-state index contributed by atoms with van der Waals surface area (Å²) < 4.78 is 1.13. The molecule has 0 aromatic rings. The molecule has 1 atom stereocenters. The van der Waals surface area contributed by atoms with E-state index in [4.69, 9.17) is 11.6 Å². The summed E-state index contributed by atoms with van der Waals surface area (Å²) in [6.07, 6.45) is 4.14. The maximum atomic E-state index is 12.2. The summed E-state index contributed by atoms with van der Waals surface area (Å²) in [4.78, 5) is 49.3. The Labute approximate surface area is 237 Å². The highest BCUT2D eigenvalue weighted by atomic mass is 79.9. The lowest BCUT2D eigenvalue weighted by Crippen LogP contribution is -2.57. The van der Waals surface area contributed by atoms with Crippen LogP contribution in [0.4, 0.5) is 0 Å². The molecule has 1 fully saturated rings. The van der Waals surface area contributed by atoms with E-state index < -0.39 is 11.4 Å². The third kappa shape index (κ3) is 19.9. The smallest absolute Gasteiger partial charge is 0.245 e. The normalized spacial score (nSPS) is 20.8. The average molecular weight is 608 g/mol. The third-order valence-electron chi connectivity index (χ3n) is 5.00. The summed E-state index contributed by atoms with van der Waals surface area (Å²) in [7, 11) is 1.48. The summed E-state index contributed by atoms with van der Waals surface area (Å²) in [6, 6.07) is 0. The summed E-state index contributed by atoms with van der Waals surface area (Å²) in [5, 5.41) is 8.82. The molecule has 4 amide bonds. The molecule has 214 valence electrons. The molecule has 1 aliphatic heterocycles. The summed E-state index contributed by atoms with van der Waals surface area (Å²) in [5.74, 6) is -0.620. The lowest BCUT2D eigenvalue weighted by Gasteiger charge is -2.27. The van der Waals surface area contributed by atoms with E-state index in [2.05, 4.69) is 52.7 Å². The van der Waals surface area contributed by atoms with E-state index >= 15 is 0 Å². The number of nitrogens with zero attached hydrogens (tertiary/aromatic N) is 1. The van der Waals surface area contributed by atoms with Gasteiger partial charge in [0.1, 0.15) is 5.54 Å². The van der Waals surface area contributed by atoms with Gasteiger partial charge >= 0.3 is 0 Å². The van der Waals surface area contributed by atoms with Gasteiger partial charge in [0, 0.05) is 24.5 Å². The predicted octanol–water partition coefficient (Wildman–Crippen LogP) is 4.87. The minimum absolute atomic E-state index is 0.142. The van der Waals surface area contributed by atoms with Crippen molar-refractivity contribution >= 4 is 51.2 Å². The van der Waals surface area contributed by atoms with Crippen molar-refractivity contribution < 1.29 is 19.2 Å². The van der Waals surface area contributed by atoms with Crippen LogP contribution >= 0.6 is 27.5 Å². The number of hydrogen-bond acceptors (Lipinski definition) is 4. The van der Waals surface area contributed by atoms with Crippen LogP contribution in [0.25, 0.3) is 0 Å². The van der Waals surface area contributed by atoms with Crippen molar-refractivity contribution in [2.45, 2.75) is 87.1 Å². The van der Waals surface area contributed by atoms with Crippen molar-refractivity contribution in [1.29, 1.82) is 0 Å². The zero-order valence-corrected chi connectivity index (χ0v) is 26.7. The molecule has 1 heterocycles. The molecule has 10 heteroatoms. The quantitative estimate of drug-likeness (QED) is 0.370. The maximum absolute atomic E-state index is 12.2. The molecule has 0 spiro atoms. The van der Waals surface area contributed by atoms with Crippen LogP contribution in [-0.2, 0) is 19.2 Å². The third-order valence-corrected chi connectivity index (χ3v) is 5.73. The van der Waals surface area contributed by atoms with Crippen LogP contribution in [0.2, 0.25) is 0 Å². The Kier molecular flexibility index (Phi) is 19.4. The number of carbonyl (C=O) groups is 4. The standard InChI is InChI=1S/C16H28N4O4.C7H10BrCl.C4H10/c1-11-7-5-6-8-17-15(24)16(2,3)19-12(21)10-20(4)13(22)9-18-14(11)23;1-5(7(3)8)4-6(2)9;1-4(2)3/h11H,5-10H2,1-4H3,(H,17,24)(H,18,23)(H,19,21);4H,1-3H3;4H,1-3H3/b;6-4+,7-5+;. The first-order valence-corrected chi connectivity index (χ1v) is 13.9. The summed E-state index contributed by atoms with van der Waals surface area (Å²) in [5.41, 5.74) is 0.113. The van der Waals surface area contributed by atoms with Crippen molar-refractivity contribution in [2.24, 2.45) is 11.8 Å². The van der Waals surface area contributed by atoms with E-state index in [0.717, 1.165) is 28.3 Å². The molecule has 1 aliphatic rings. The van der Waals surface area contributed by atoms with Gasteiger partial charge in [-0.2, -0.15) is 0 Å². The highest BCUT2D eigenvalue weighted by Gasteiger charge is 2.30. The van der Waals surface area contributed by atoms with Crippen molar-refractivity contribution in [3.05, 3.63) is 21.2 Å². The number of nitrogens with one attached hydrogen (secondary N) is 3. The Morgan fingerprint density at radius 1 is 1.08 bits per heavy atom. The fourth-order valence-electron chi connectivity index (χ4n) is 2.75. The Morgan fingerprint density at radius 2 is 1.62 bits per heavy atom. The Balaban J connectivity index is 0. The molecule has 1 rings (SSSR count). The first kappa shape index (κ1) is 37.3. The van der Waals surface area contributed by atoms with Crippen molar-refractivity contribution in [2.75, 3.05) is 26.7 Å². The number of likely N-dealkylation sites (N-methyl/N-ethyl adjacent to an activating group) is 1. The number of carbonyl (C=O) groups excluding carboxylic acids is 4. The number of halogens is 2. The van der Waals surface area contributed by atoms with Gasteiger partial charge in [0.05, 0.1) is 13.1 Å². The monoisotopic (exact) mass is 606 g/mol. The van der Waals surface area contributed by atoms with Gasteiger partial charge in [-0.15, -0.1) is 0 Å². The molecule has 3 N–H and O–H groups in total. The highest BCUT2D eigenvalue weighted by molar-refractivity contribution is 9.11. The summed E-state index contributed by atoms with van der Waals surface area (Å²) >= 11 is 8.97. The van der Waals surface area contributed by atoms with E-state index in [1.807, 2.05) is 33.8 Å². The molecule has 0 aliphatic carbocycles. The number of hydrogen-bond donors (Lipinski definition) is 3. The second kappa shape index (κ2) is 19.2. The lowest BCUT2D eigenvalue weighted by molar-refractivity contribution is -0.137. The molecule has 0 aromatic carbocycles. The SMILES string of the molecule is C/C(Cl)=C\C(C)=C(/C)Br.CC(C)C.CC1CCCCNC(=O)C(C)(C)NC(=O)CN(C)C(=O)CNC1=O. The molecule has 37 heavy (non-hydrogen) atoms. The number of allylic oxidation sites excluding steroid dienone is 4. The number of amides is 4. The van der Waals surface area contributed by atoms with Gasteiger partial charge in [0.15, 0.2) is 0 Å². The lowest BCUT2D eigenvalue weighted by atomic mass is 10.0. The van der Waals surface area contributed by atoms with E-state index in [1.165, 1.54) is 17.5 Å². The topological polar surface area (TPSA) is 108 Å². The zero-order chi connectivity index (χ0) is 29.3. The fraction of sp³-hybridized carbons (Fsp3) is 0.704. The molecule has 0 aromatic heterocycles. The van der Waals surface area contributed by atoms with Crippen molar-refractivity contribution in [3.8, 4) is 0 Å². The minimum Gasteiger partial charge on any atom is -0.354 e. The molecular weight excluding hydrogens is 560 g/mol. The molecule has 8 nitrogen and oxygen atoms in total. The molecule has 1 saturated heterocycles. The molecule has 0 bridgehead atoms. The van der Waals surface area contributed by atoms with Gasteiger partial charge in [-0.3, -0.25) is 19.2 Å². The van der Waals surface area contributed by atoms with Crippen LogP contribution < -0.4 is 16.0 Å². The van der Waals surface area contributed by atoms with Crippen LogP contribution in [-0.4, -0.2) is 60.7 Å². The van der Waals surface area contributed by atoms with Crippen LogP contribution in [0.15, 0.2) is 21.2 Å². The van der Waals surface area contributed by atoms with Crippen LogP contribution in [0.1, 0.15) is 81.6 Å². The second-order valence-corrected chi connectivity index (χ2v) is 12.3. The molecule has 0 radical (unpaired) electrons. The van der Waals surface area contributed by atoms with Gasteiger partial charge in [-0.25, -0.2) is 0 Å². The Bertz CT molecular complexity index is 814. The van der Waals surface area contributed by atoms with E-state index in [9.17, 15) is 19.2 Å². The van der Waals surface area contributed by atoms with Crippen molar-refractivity contribution in [3.63, 3.8) is 0 Å². The van der Waals surface area contributed by atoms with Crippen molar-refractivity contribution in [1.82, 2.24) is 20.9 Å². The average Bonchev–Trinajstić information content (AvgIpc) is 2.74. The van der Waals surface area contributed by atoms with E-state index in [0.29, 0.717) is 13.0 Å². The molecular formula is C27H48BrClN4O4. The maximum Gasteiger partial charge on any atom is 0.245 e. The van der Waals surface area contributed by atoms with Gasteiger partial charge in [-0.05, 0) is 69.5 Å². The zero-order valence-electron chi connectivity index (χ0n) is 24.3. The van der Waals surface area contributed by atoms with Gasteiger partial charge < -0.3 is 20.9 Å². The van der Waals surface area contributed by atoms with E-state index in [1.54, 1.807) is 13.8 Å². The molecule has 1 unspecified atom stereocenters. The summed E-state index contributed by atoms with van der Waals surface area (Å²) in [6.45, 7) is 17.6. The van der Waals surface area contributed by atoms with E-state index in [-0.39, 0.29) is 36.7 Å². The first-order chi connectivity index (χ1) is 16.9. The fourth-order valence-corrected chi connectivity index (χ4v) is 3.03. The van der Waals surface area contributed by atoms with Crippen LogP contribution in [0.3, 0.4) is 0 Å². The molecule has 0 saturated carbocycles. The number of rotatable bonds is 1. The second-order valence-electron chi connectivity index (χ2n) is 10.5. The first-order valence-electron chi connectivity index (χ1n) is 12.7. The van der Waals surface area contributed by atoms with Crippen LogP contribution in [0, 0.1) is 11.8 Å². The predicted molar refractivity (Wildman–Crippen MR) is 156 cm³/mol. The Hall–Kier alpha value is -1.87. The van der Waals surface area contributed by atoms with Crippen LogP contribution in [0.5, 0.6) is 0 Å². The van der Waals surface area contributed by atoms with Gasteiger partial charge in [-0.1, -0.05) is 61.6 Å². The minimum atomic E-state index is -1.06. The largest absolute Gasteiger partial charge is 0.354 e. The van der Waals surface area contributed by atoms with Gasteiger partial charge in [0.2, 0.25) is 23.6 Å². The highest BCUT2D eigenvalue weighted by Crippen LogP contribution is 2.14. The Morgan fingerprint density at radius 3 is 2.08 bits per heavy atom.